The highest BCUT2D eigenvalue weighted by molar-refractivity contribution is 6.09. The molecule has 2 aromatic carbocycles. The van der Waals surface area contributed by atoms with E-state index >= 15 is 4.39 Å². The topological polar surface area (TPSA) is 53.6 Å². The molecule has 0 aliphatic carbocycles. The summed E-state index contributed by atoms with van der Waals surface area (Å²) in [5, 5.41) is 3.19. The molecule has 5 heteroatoms. The van der Waals surface area contributed by atoms with Crippen LogP contribution in [0, 0.1) is 12.7 Å². The van der Waals surface area contributed by atoms with E-state index in [9.17, 15) is 0 Å². The molecule has 3 rings (SSSR count). The van der Waals surface area contributed by atoms with Crippen molar-refractivity contribution in [2.75, 3.05) is 30.7 Å². The van der Waals surface area contributed by atoms with Gasteiger partial charge >= 0.3 is 0 Å². The normalized spacial score (nSPS) is 15.3. The van der Waals surface area contributed by atoms with Crippen LogP contribution in [0.1, 0.15) is 42.4 Å². The van der Waals surface area contributed by atoms with E-state index in [4.69, 9.17) is 5.73 Å². The summed E-state index contributed by atoms with van der Waals surface area (Å²) in [5.41, 5.74) is 9.58. The Morgan fingerprint density at radius 1 is 1.21 bits per heavy atom. The Morgan fingerprint density at radius 2 is 1.93 bits per heavy atom. The fourth-order valence-corrected chi connectivity index (χ4v) is 3.90. The van der Waals surface area contributed by atoms with Gasteiger partial charge in [-0.05, 0) is 93.7 Å². The van der Waals surface area contributed by atoms with Crippen LogP contribution < -0.4 is 11.1 Å². The number of hydrogen-bond donors (Lipinski definition) is 2. The standard InChI is InChI=1S/C24H31FN4/c1-3-27-24(28-21-11-9-20(26)10-12-21)23-18(2)16-19(17-22(23)25)8-7-15-29-13-5-4-6-14-29/h3,9-12,16-17H,1,4-8,13-15,26H2,2H3,(H,27,28). The predicted molar refractivity (Wildman–Crippen MR) is 121 cm³/mol. The first-order valence-electron chi connectivity index (χ1n) is 10.4. The molecule has 3 N–H and O–H groups in total. The molecule has 1 heterocycles. The molecule has 154 valence electrons. The molecule has 1 aliphatic heterocycles. The number of amidine groups is 1. The minimum Gasteiger partial charge on any atom is -0.399 e. The Labute approximate surface area is 173 Å². The molecular weight excluding hydrogens is 363 g/mol. The number of aryl methyl sites for hydroxylation is 2. The van der Waals surface area contributed by atoms with Crippen molar-refractivity contribution >= 4 is 17.2 Å². The number of likely N-dealkylation sites (tertiary alicyclic amines) is 1. The third-order valence-electron chi connectivity index (χ3n) is 5.37. The van der Waals surface area contributed by atoms with E-state index in [1.165, 1.54) is 38.6 Å². The third-order valence-corrected chi connectivity index (χ3v) is 5.37. The number of nitrogens with one attached hydrogen (secondary N) is 1. The average molecular weight is 395 g/mol. The highest BCUT2D eigenvalue weighted by atomic mass is 19.1. The third kappa shape index (κ3) is 5.91. The largest absolute Gasteiger partial charge is 0.399 e. The van der Waals surface area contributed by atoms with Gasteiger partial charge in [0.1, 0.15) is 11.7 Å². The Bertz CT molecular complexity index is 829. The number of piperidine rings is 1. The number of nitrogen functional groups attached to an aromatic ring is 1. The van der Waals surface area contributed by atoms with E-state index in [1.54, 1.807) is 18.2 Å². The molecule has 0 unspecified atom stereocenters. The van der Waals surface area contributed by atoms with E-state index in [2.05, 4.69) is 27.9 Å². The molecule has 0 amide bonds. The maximum absolute atomic E-state index is 15.0. The number of rotatable bonds is 7. The van der Waals surface area contributed by atoms with Crippen molar-refractivity contribution in [3.63, 3.8) is 0 Å². The monoisotopic (exact) mass is 394 g/mol. The van der Waals surface area contributed by atoms with Crippen LogP contribution in [0.5, 0.6) is 0 Å². The van der Waals surface area contributed by atoms with Gasteiger partial charge in [0, 0.05) is 17.6 Å². The summed E-state index contributed by atoms with van der Waals surface area (Å²) in [6.45, 7) is 9.08. The lowest BCUT2D eigenvalue weighted by molar-refractivity contribution is 0.226. The van der Waals surface area contributed by atoms with Crippen LogP contribution in [0.25, 0.3) is 0 Å². The van der Waals surface area contributed by atoms with Crippen molar-refractivity contribution in [3.8, 4) is 0 Å². The first-order valence-corrected chi connectivity index (χ1v) is 10.4. The van der Waals surface area contributed by atoms with Gasteiger partial charge < -0.3 is 16.0 Å². The lowest BCUT2D eigenvalue weighted by atomic mass is 10.00. The quantitative estimate of drug-likeness (QED) is 0.388. The van der Waals surface area contributed by atoms with Gasteiger partial charge in [0.05, 0.1) is 5.56 Å². The molecular formula is C24H31FN4. The zero-order valence-electron chi connectivity index (χ0n) is 17.3. The summed E-state index contributed by atoms with van der Waals surface area (Å²) in [6, 6.07) is 11.0. The number of anilines is 2. The van der Waals surface area contributed by atoms with Crippen LogP contribution >= 0.6 is 0 Å². The number of aliphatic imine (C=N–C) groups is 1. The Balaban J connectivity index is 1.71. The predicted octanol–water partition coefficient (Wildman–Crippen LogP) is 5.14. The van der Waals surface area contributed by atoms with Gasteiger partial charge in [-0.3, -0.25) is 0 Å². The zero-order valence-corrected chi connectivity index (χ0v) is 17.3. The Kier molecular flexibility index (Phi) is 7.42. The first-order chi connectivity index (χ1) is 14.1. The molecule has 0 radical (unpaired) electrons. The van der Waals surface area contributed by atoms with Gasteiger partial charge in [-0.25, -0.2) is 9.38 Å². The van der Waals surface area contributed by atoms with Crippen LogP contribution in [0.3, 0.4) is 0 Å². The number of nitrogens with two attached hydrogens (primary N) is 1. The van der Waals surface area contributed by atoms with Crippen molar-refractivity contribution in [2.24, 2.45) is 4.99 Å². The van der Waals surface area contributed by atoms with Crippen molar-refractivity contribution < 1.29 is 4.39 Å². The fourth-order valence-electron chi connectivity index (χ4n) is 3.90. The van der Waals surface area contributed by atoms with Crippen LogP contribution in [-0.4, -0.2) is 30.4 Å². The van der Waals surface area contributed by atoms with E-state index in [-0.39, 0.29) is 5.82 Å². The zero-order chi connectivity index (χ0) is 20.6. The van der Waals surface area contributed by atoms with Crippen molar-refractivity contribution in [1.29, 1.82) is 0 Å². The van der Waals surface area contributed by atoms with Gasteiger partial charge in [0.15, 0.2) is 0 Å². The highest BCUT2D eigenvalue weighted by Gasteiger charge is 2.15. The maximum atomic E-state index is 15.0. The van der Waals surface area contributed by atoms with Gasteiger partial charge in [-0.2, -0.15) is 0 Å². The average Bonchev–Trinajstić information content (AvgIpc) is 2.70. The SMILES string of the molecule is C=CN=C(Nc1ccc(N)cc1)c1c(C)cc(CCCN2CCCCC2)cc1F. The minimum absolute atomic E-state index is 0.262. The van der Waals surface area contributed by atoms with Gasteiger partial charge in [-0.1, -0.05) is 19.1 Å². The molecule has 0 bridgehead atoms. The van der Waals surface area contributed by atoms with Crippen molar-refractivity contribution in [1.82, 2.24) is 4.90 Å². The molecule has 4 nitrogen and oxygen atoms in total. The van der Waals surface area contributed by atoms with Crippen LogP contribution in [0.4, 0.5) is 15.8 Å². The lowest BCUT2D eigenvalue weighted by Gasteiger charge is -2.26. The number of halogens is 1. The maximum Gasteiger partial charge on any atom is 0.140 e. The molecule has 29 heavy (non-hydrogen) atoms. The molecule has 1 saturated heterocycles. The van der Waals surface area contributed by atoms with Crippen LogP contribution in [0.15, 0.2) is 54.2 Å². The smallest absolute Gasteiger partial charge is 0.140 e. The lowest BCUT2D eigenvalue weighted by Crippen LogP contribution is -2.30. The molecule has 0 spiro atoms. The molecule has 0 saturated carbocycles. The Morgan fingerprint density at radius 3 is 2.59 bits per heavy atom. The highest BCUT2D eigenvalue weighted by Crippen LogP contribution is 2.21. The molecule has 2 aromatic rings. The summed E-state index contributed by atoms with van der Waals surface area (Å²) in [7, 11) is 0. The second-order valence-electron chi connectivity index (χ2n) is 7.68. The Hall–Kier alpha value is -2.66. The second kappa shape index (κ2) is 10.2. The summed E-state index contributed by atoms with van der Waals surface area (Å²) in [5.74, 6) is 0.182. The summed E-state index contributed by atoms with van der Waals surface area (Å²) < 4.78 is 15.0. The fraction of sp³-hybridized carbons (Fsp3) is 0.375. The van der Waals surface area contributed by atoms with Crippen LogP contribution in [-0.2, 0) is 6.42 Å². The van der Waals surface area contributed by atoms with E-state index < -0.39 is 0 Å². The summed E-state index contributed by atoms with van der Waals surface area (Å²) in [6.07, 6.45) is 7.31. The minimum atomic E-state index is -0.262. The van der Waals surface area contributed by atoms with Gasteiger partial charge in [0.25, 0.3) is 0 Å². The van der Waals surface area contributed by atoms with E-state index in [0.29, 0.717) is 17.1 Å². The first kappa shape index (κ1) is 21.1. The van der Waals surface area contributed by atoms with E-state index in [0.717, 1.165) is 36.2 Å². The van der Waals surface area contributed by atoms with Crippen molar-refractivity contribution in [2.45, 2.75) is 39.0 Å². The number of hydrogen-bond acceptors (Lipinski definition) is 3. The van der Waals surface area contributed by atoms with E-state index in [1.807, 2.05) is 19.1 Å². The van der Waals surface area contributed by atoms with Gasteiger partial charge in [-0.15, -0.1) is 0 Å². The number of nitrogens with zero attached hydrogens (tertiary/aromatic N) is 2. The number of benzene rings is 2. The molecule has 0 aromatic heterocycles. The van der Waals surface area contributed by atoms with Gasteiger partial charge in [0.2, 0.25) is 0 Å². The van der Waals surface area contributed by atoms with Crippen molar-refractivity contribution in [3.05, 3.63) is 71.7 Å². The molecule has 1 aliphatic rings. The second-order valence-corrected chi connectivity index (χ2v) is 7.68. The summed E-state index contributed by atoms with van der Waals surface area (Å²) in [4.78, 5) is 6.80. The summed E-state index contributed by atoms with van der Waals surface area (Å²) >= 11 is 0. The van der Waals surface area contributed by atoms with Crippen LogP contribution in [0.2, 0.25) is 0 Å². The molecule has 0 atom stereocenters. The molecule has 1 fully saturated rings.